The van der Waals surface area contributed by atoms with Crippen LogP contribution in [-0.4, -0.2) is 6.41 Å². The predicted molar refractivity (Wildman–Crippen MR) is 9.88 cm³/mol. The van der Waals surface area contributed by atoms with Gasteiger partial charge in [0.2, 0.25) is 0 Å². The topological polar surface area (TPSA) is 43.1 Å². The van der Waals surface area contributed by atoms with Gasteiger partial charge in [-0.05, 0) is 0 Å². The van der Waals surface area contributed by atoms with Crippen LogP contribution in [0.5, 0.6) is 0 Å². The molecule has 0 unspecified atom stereocenters. The van der Waals surface area contributed by atoms with Gasteiger partial charge >= 0.3 is 22.4 Å². The van der Waals surface area contributed by atoms with Crippen LogP contribution in [0.15, 0.2) is 0 Å². The van der Waals surface area contributed by atoms with Crippen molar-refractivity contribution in [1.29, 1.82) is 0 Å². The molecule has 2 N–H and O–H groups in total. The van der Waals surface area contributed by atoms with Crippen LogP contribution in [0.25, 0.3) is 0 Å². The molecule has 0 radical (unpaired) electrons. The molecule has 0 saturated carbocycles. The van der Waals surface area contributed by atoms with E-state index in [1.54, 1.807) is 0 Å². The third-order valence-electron chi connectivity index (χ3n) is 0. The van der Waals surface area contributed by atoms with Crippen molar-refractivity contribution >= 4 is 6.41 Å². The van der Waals surface area contributed by atoms with Crippen LogP contribution >= 0.6 is 0 Å². The average molecular weight is 152 g/mol. The summed E-state index contributed by atoms with van der Waals surface area (Å²) in [5, 5.41) is 0. The van der Waals surface area contributed by atoms with Crippen molar-refractivity contribution in [1.82, 2.24) is 0 Å². The molecule has 0 fully saturated rings. The summed E-state index contributed by atoms with van der Waals surface area (Å²) in [4.78, 5) is 8.46. The second-order valence-corrected chi connectivity index (χ2v) is 0.118. The molecule has 4 heavy (non-hydrogen) atoms. The Labute approximate surface area is 39.9 Å². The average Bonchev–Trinajstić information content (AvgIpc) is 0.918. The van der Waals surface area contributed by atoms with Crippen LogP contribution in [0.4, 0.5) is 0 Å². The maximum atomic E-state index is 8.46. The van der Waals surface area contributed by atoms with E-state index in [0.29, 0.717) is 0 Å². The molecule has 2 nitrogen and oxygen atoms in total. The number of primary amides is 1. The van der Waals surface area contributed by atoms with E-state index < -0.39 is 0 Å². The summed E-state index contributed by atoms with van der Waals surface area (Å²) < 4.78 is 0. The fourth-order valence-electron chi connectivity index (χ4n) is 0. The van der Waals surface area contributed by atoms with Gasteiger partial charge in [0.25, 0.3) is 0 Å². The van der Waals surface area contributed by atoms with Gasteiger partial charge in [0.1, 0.15) is 0 Å². The standard InChI is InChI=1S/CH2NO.Ag/c2-1-3;/h(H2,2,3);/q-1;+1. The van der Waals surface area contributed by atoms with Gasteiger partial charge in [-0.1, -0.05) is 0 Å². The molecule has 0 saturated heterocycles. The maximum Gasteiger partial charge on any atom is 1.00 e. The molecule has 0 aromatic carbocycles. The number of carbonyl (C=O) groups excluding carboxylic acids is 1. The smallest absolute Gasteiger partial charge is 0.543 e. The Kier molecular flexibility index (Phi) is 23.8. The molecule has 0 spiro atoms. The number of rotatable bonds is 0. The molecule has 28 valence electrons. The van der Waals surface area contributed by atoms with Crippen molar-refractivity contribution in [2.75, 3.05) is 0 Å². The number of hydrogen-bond acceptors (Lipinski definition) is 1. The molecule has 0 aromatic rings. The van der Waals surface area contributed by atoms with Crippen LogP contribution in [0.3, 0.4) is 0 Å². The molecule has 0 aliphatic carbocycles. The predicted octanol–water partition coefficient (Wildman–Crippen LogP) is -0.990. The number of amides is 1. The van der Waals surface area contributed by atoms with Crippen LogP contribution in [-0.2, 0) is 27.2 Å². The Bertz CT molecular complexity index is 15.5. The van der Waals surface area contributed by atoms with Gasteiger partial charge in [0.15, 0.2) is 0 Å². The second kappa shape index (κ2) is 10.7. The third kappa shape index (κ3) is 73.2. The van der Waals surface area contributed by atoms with Gasteiger partial charge in [0.05, 0.1) is 0 Å². The summed E-state index contributed by atoms with van der Waals surface area (Å²) in [7, 11) is 0. The summed E-state index contributed by atoms with van der Waals surface area (Å²) in [6.45, 7) is 0. The molecule has 0 aromatic heterocycles. The van der Waals surface area contributed by atoms with E-state index in [-0.39, 0.29) is 22.4 Å². The quantitative estimate of drug-likeness (QED) is 0.270. The molecule has 3 heteroatoms. The first kappa shape index (κ1) is 8.88. The molecular weight excluding hydrogens is 150 g/mol. The van der Waals surface area contributed by atoms with Crippen molar-refractivity contribution in [2.45, 2.75) is 0 Å². The zero-order chi connectivity index (χ0) is 2.71. The Morgan fingerprint density at radius 3 is 1.75 bits per heavy atom. The fraction of sp³-hybridized carbons (Fsp3) is 0. The third-order valence-corrected chi connectivity index (χ3v) is 0. The molecule has 0 atom stereocenters. The Balaban J connectivity index is 0. The van der Waals surface area contributed by atoms with E-state index in [9.17, 15) is 0 Å². The number of hydrogen-bond donors (Lipinski definition) is 1. The summed E-state index contributed by atoms with van der Waals surface area (Å²) in [6, 6.07) is 0. The van der Waals surface area contributed by atoms with E-state index in [0.717, 1.165) is 6.41 Å². The first-order valence-corrected chi connectivity index (χ1v) is 0.493. The summed E-state index contributed by atoms with van der Waals surface area (Å²) in [5.41, 5.74) is 4.04. The molecular formula is CH2AgNO. The van der Waals surface area contributed by atoms with Gasteiger partial charge in [0, 0.05) is 0 Å². The van der Waals surface area contributed by atoms with Crippen LogP contribution in [0.2, 0.25) is 0 Å². The minimum Gasteiger partial charge on any atom is -0.543 e. The van der Waals surface area contributed by atoms with E-state index in [1.165, 1.54) is 0 Å². The van der Waals surface area contributed by atoms with Gasteiger partial charge in [-0.25, -0.2) is 0 Å². The first-order valence-electron chi connectivity index (χ1n) is 0.493. The van der Waals surface area contributed by atoms with Crippen molar-refractivity contribution < 1.29 is 27.2 Å². The first-order chi connectivity index (χ1) is 1.41. The second-order valence-electron chi connectivity index (χ2n) is 0.118. The zero-order valence-corrected chi connectivity index (χ0v) is 3.27. The van der Waals surface area contributed by atoms with Crippen molar-refractivity contribution in [3.63, 3.8) is 0 Å². The Morgan fingerprint density at radius 2 is 1.75 bits per heavy atom. The minimum atomic E-state index is 0. The van der Waals surface area contributed by atoms with Gasteiger partial charge in [-0.15, -0.1) is 0 Å². The Hall–Kier alpha value is 0.210. The van der Waals surface area contributed by atoms with E-state index in [4.69, 9.17) is 4.79 Å². The van der Waals surface area contributed by atoms with E-state index in [2.05, 4.69) is 5.73 Å². The van der Waals surface area contributed by atoms with Crippen LogP contribution in [0, 0.1) is 0 Å². The van der Waals surface area contributed by atoms with Crippen molar-refractivity contribution in [3.8, 4) is 0 Å². The maximum absolute atomic E-state index is 8.46. The van der Waals surface area contributed by atoms with Crippen molar-refractivity contribution in [3.05, 3.63) is 0 Å². The summed E-state index contributed by atoms with van der Waals surface area (Å²) in [5.74, 6) is 0. The fourth-order valence-corrected chi connectivity index (χ4v) is 0. The van der Waals surface area contributed by atoms with E-state index >= 15 is 0 Å². The normalized spacial score (nSPS) is 3.00. The number of nitrogens with two attached hydrogens (primary N) is 1. The van der Waals surface area contributed by atoms with E-state index in [1.807, 2.05) is 0 Å². The van der Waals surface area contributed by atoms with Crippen LogP contribution in [0.1, 0.15) is 0 Å². The van der Waals surface area contributed by atoms with Gasteiger partial charge in [-0.3, -0.25) is 0 Å². The SMILES string of the molecule is N[C-]=O.[Ag+]. The van der Waals surface area contributed by atoms with Crippen LogP contribution < -0.4 is 5.73 Å². The van der Waals surface area contributed by atoms with Gasteiger partial charge < -0.3 is 10.5 Å². The summed E-state index contributed by atoms with van der Waals surface area (Å²) >= 11 is 0. The largest absolute Gasteiger partial charge is 1.00 e. The monoisotopic (exact) mass is 151 g/mol. The zero-order valence-electron chi connectivity index (χ0n) is 1.79. The minimum absolute atomic E-state index is 0. The molecule has 0 aliphatic heterocycles. The molecule has 0 rings (SSSR count). The summed E-state index contributed by atoms with van der Waals surface area (Å²) in [6.07, 6.45) is 1.00. The Morgan fingerprint density at radius 1 is 1.75 bits per heavy atom. The molecule has 0 bridgehead atoms. The molecule has 1 amide bonds. The van der Waals surface area contributed by atoms with Gasteiger partial charge in [-0.2, -0.15) is 6.41 Å². The molecule has 0 heterocycles. The molecule has 0 aliphatic rings. The van der Waals surface area contributed by atoms with Crippen molar-refractivity contribution in [2.24, 2.45) is 5.73 Å².